The minimum absolute atomic E-state index is 0.0535. The van der Waals surface area contributed by atoms with Gasteiger partial charge in [-0.05, 0) is 112 Å². The third-order valence-corrected chi connectivity index (χ3v) is 11.4. The minimum atomic E-state index is -0.0535. The van der Waals surface area contributed by atoms with Gasteiger partial charge in [-0.3, -0.25) is 0 Å². The summed E-state index contributed by atoms with van der Waals surface area (Å²) in [4.78, 5) is 0. The van der Waals surface area contributed by atoms with Gasteiger partial charge in [0.1, 0.15) is 0 Å². The summed E-state index contributed by atoms with van der Waals surface area (Å²) < 4.78 is 0. The number of hydrogen-bond donors (Lipinski definition) is 0. The Morgan fingerprint density at radius 3 is 1.32 bits per heavy atom. The standard InChI is InChI=1S/C57H40/c1-4-17-40(18-5-1)45-24-16-25-46(35-45)43-31-33-44(34-32-43)57(50-37-48(41-19-6-2-7-20-41)36-49(38-50)42-21-8-3-9-22-42)55-30-15-14-29-54(55)56-39-47-23-10-11-26-51(47)52-27-12-13-28-53(52)56/h1-39,57H. The van der Waals surface area contributed by atoms with Crippen LogP contribution in [0, 0.1) is 0 Å². The lowest BCUT2D eigenvalue weighted by Crippen LogP contribution is -2.06. The van der Waals surface area contributed by atoms with Crippen molar-refractivity contribution in [1.29, 1.82) is 0 Å². The summed E-state index contributed by atoms with van der Waals surface area (Å²) in [6.07, 6.45) is 0. The van der Waals surface area contributed by atoms with Crippen LogP contribution in [0.1, 0.15) is 22.6 Å². The zero-order valence-corrected chi connectivity index (χ0v) is 31.6. The SMILES string of the molecule is c1ccc(-c2cccc(-c3ccc(C(c4cc(-c5ccccc5)cc(-c5ccccc5)c4)c4ccccc4-c4cc5ccccc5c5ccccc45)cc3)c2)cc1. The van der Waals surface area contributed by atoms with Gasteiger partial charge >= 0.3 is 0 Å². The first-order valence-corrected chi connectivity index (χ1v) is 19.8. The van der Waals surface area contributed by atoms with E-state index >= 15 is 0 Å². The molecule has 0 spiro atoms. The van der Waals surface area contributed by atoms with Gasteiger partial charge in [0.25, 0.3) is 0 Å². The number of hydrogen-bond acceptors (Lipinski definition) is 0. The Morgan fingerprint density at radius 2 is 0.684 bits per heavy atom. The predicted molar refractivity (Wildman–Crippen MR) is 242 cm³/mol. The van der Waals surface area contributed by atoms with Crippen LogP contribution >= 0.6 is 0 Å². The Hall–Kier alpha value is -7.28. The lowest BCUT2D eigenvalue weighted by molar-refractivity contribution is 0.981. The molecule has 0 bridgehead atoms. The maximum atomic E-state index is 2.42. The summed E-state index contributed by atoms with van der Waals surface area (Å²) >= 11 is 0. The van der Waals surface area contributed by atoms with E-state index < -0.39 is 0 Å². The summed E-state index contributed by atoms with van der Waals surface area (Å²) in [5, 5.41) is 5.06. The van der Waals surface area contributed by atoms with Crippen molar-refractivity contribution in [2.24, 2.45) is 0 Å². The molecule has 0 heterocycles. The average Bonchev–Trinajstić information content (AvgIpc) is 3.30. The molecule has 0 aliphatic rings. The summed E-state index contributed by atoms with van der Waals surface area (Å²) in [5.74, 6) is -0.0535. The van der Waals surface area contributed by atoms with E-state index in [-0.39, 0.29) is 5.92 Å². The van der Waals surface area contributed by atoms with Gasteiger partial charge in [-0.25, -0.2) is 0 Å². The Balaban J connectivity index is 1.19. The fourth-order valence-corrected chi connectivity index (χ4v) is 8.61. The van der Waals surface area contributed by atoms with Gasteiger partial charge < -0.3 is 0 Å². The van der Waals surface area contributed by atoms with Crippen molar-refractivity contribution in [3.8, 4) is 55.6 Å². The third-order valence-electron chi connectivity index (χ3n) is 11.4. The zero-order chi connectivity index (χ0) is 38.0. The molecule has 268 valence electrons. The van der Waals surface area contributed by atoms with Gasteiger partial charge in [-0.2, -0.15) is 0 Å². The van der Waals surface area contributed by atoms with E-state index in [9.17, 15) is 0 Å². The van der Waals surface area contributed by atoms with Gasteiger partial charge in [-0.1, -0.05) is 218 Å². The molecule has 57 heavy (non-hydrogen) atoms. The van der Waals surface area contributed by atoms with Crippen LogP contribution in [0.3, 0.4) is 0 Å². The summed E-state index contributed by atoms with van der Waals surface area (Å²) in [5.41, 5.74) is 16.0. The van der Waals surface area contributed by atoms with Crippen LogP contribution in [0.5, 0.6) is 0 Å². The Morgan fingerprint density at radius 1 is 0.228 bits per heavy atom. The molecule has 0 nitrogen and oxygen atoms in total. The van der Waals surface area contributed by atoms with Gasteiger partial charge in [0, 0.05) is 5.92 Å². The van der Waals surface area contributed by atoms with Gasteiger partial charge in [0.15, 0.2) is 0 Å². The van der Waals surface area contributed by atoms with E-state index in [0.717, 1.165) is 0 Å². The molecule has 0 amide bonds. The molecule has 0 aliphatic heterocycles. The highest BCUT2D eigenvalue weighted by atomic mass is 14.3. The van der Waals surface area contributed by atoms with E-state index in [1.165, 1.54) is 93.9 Å². The highest BCUT2D eigenvalue weighted by Crippen LogP contribution is 2.44. The molecule has 1 unspecified atom stereocenters. The van der Waals surface area contributed by atoms with Crippen molar-refractivity contribution in [2.75, 3.05) is 0 Å². The maximum absolute atomic E-state index is 2.42. The molecule has 0 heteroatoms. The Kier molecular flexibility index (Phi) is 9.07. The largest absolute Gasteiger partial charge is 0.0622 e. The van der Waals surface area contributed by atoms with Crippen molar-refractivity contribution in [2.45, 2.75) is 5.92 Å². The van der Waals surface area contributed by atoms with Crippen LogP contribution in [0.4, 0.5) is 0 Å². The second-order valence-electron chi connectivity index (χ2n) is 14.9. The second-order valence-corrected chi connectivity index (χ2v) is 14.9. The molecule has 10 aromatic carbocycles. The molecule has 0 radical (unpaired) electrons. The first-order chi connectivity index (χ1) is 28.3. The lowest BCUT2D eigenvalue weighted by Gasteiger charge is -2.25. The molecule has 10 aromatic rings. The van der Waals surface area contributed by atoms with E-state index in [0.29, 0.717) is 0 Å². The average molecular weight is 725 g/mol. The molecular weight excluding hydrogens is 685 g/mol. The molecular formula is C57H40. The van der Waals surface area contributed by atoms with Crippen LogP contribution in [-0.2, 0) is 0 Å². The van der Waals surface area contributed by atoms with Crippen molar-refractivity contribution in [1.82, 2.24) is 0 Å². The van der Waals surface area contributed by atoms with Crippen molar-refractivity contribution in [3.63, 3.8) is 0 Å². The predicted octanol–water partition coefficient (Wildman–Crippen LogP) is 15.5. The van der Waals surface area contributed by atoms with E-state index in [4.69, 9.17) is 0 Å². The van der Waals surface area contributed by atoms with E-state index in [1.54, 1.807) is 0 Å². The number of benzene rings is 10. The molecule has 10 rings (SSSR count). The minimum Gasteiger partial charge on any atom is -0.0622 e. The van der Waals surface area contributed by atoms with Gasteiger partial charge in [-0.15, -0.1) is 0 Å². The molecule has 0 N–H and O–H groups in total. The maximum Gasteiger partial charge on any atom is 0.0346 e. The van der Waals surface area contributed by atoms with Gasteiger partial charge in [0.2, 0.25) is 0 Å². The topological polar surface area (TPSA) is 0 Å². The third kappa shape index (κ3) is 6.73. The van der Waals surface area contributed by atoms with Crippen molar-refractivity contribution < 1.29 is 0 Å². The highest BCUT2D eigenvalue weighted by molar-refractivity contribution is 6.14. The fraction of sp³-hybridized carbons (Fsp3) is 0.0175. The molecule has 0 aromatic heterocycles. The molecule has 0 saturated heterocycles. The second kappa shape index (κ2) is 15.1. The molecule has 0 saturated carbocycles. The first kappa shape index (κ1) is 34.2. The van der Waals surface area contributed by atoms with Crippen LogP contribution in [0.15, 0.2) is 237 Å². The number of rotatable bonds is 8. The van der Waals surface area contributed by atoms with Crippen LogP contribution < -0.4 is 0 Å². The Labute approximate surface area is 335 Å². The van der Waals surface area contributed by atoms with Crippen LogP contribution in [0.2, 0.25) is 0 Å². The molecule has 0 aliphatic carbocycles. The van der Waals surface area contributed by atoms with Gasteiger partial charge in [0.05, 0.1) is 0 Å². The summed E-state index contributed by atoms with van der Waals surface area (Å²) in [7, 11) is 0. The van der Waals surface area contributed by atoms with Crippen molar-refractivity contribution >= 4 is 21.5 Å². The summed E-state index contributed by atoms with van der Waals surface area (Å²) in [6, 6.07) is 86.7. The molecule has 0 fully saturated rings. The van der Waals surface area contributed by atoms with E-state index in [2.05, 4.69) is 237 Å². The smallest absolute Gasteiger partial charge is 0.0346 e. The molecule has 1 atom stereocenters. The lowest BCUT2D eigenvalue weighted by atomic mass is 9.78. The first-order valence-electron chi connectivity index (χ1n) is 19.8. The highest BCUT2D eigenvalue weighted by Gasteiger charge is 2.24. The number of fused-ring (bicyclic) bond motifs is 3. The normalized spacial score (nSPS) is 11.8. The Bertz CT molecular complexity index is 2920. The fourth-order valence-electron chi connectivity index (χ4n) is 8.61. The van der Waals surface area contributed by atoms with Crippen LogP contribution in [-0.4, -0.2) is 0 Å². The van der Waals surface area contributed by atoms with Crippen molar-refractivity contribution in [3.05, 3.63) is 253 Å². The van der Waals surface area contributed by atoms with E-state index in [1.807, 2.05) is 0 Å². The van der Waals surface area contributed by atoms with Crippen LogP contribution in [0.25, 0.3) is 77.2 Å². The monoisotopic (exact) mass is 724 g/mol. The summed E-state index contributed by atoms with van der Waals surface area (Å²) in [6.45, 7) is 0. The zero-order valence-electron chi connectivity index (χ0n) is 31.6. The quantitative estimate of drug-likeness (QED) is 0.108.